The number of benzene rings is 1. The van der Waals surface area contributed by atoms with Crippen LogP contribution in [0.25, 0.3) is 0 Å². The predicted octanol–water partition coefficient (Wildman–Crippen LogP) is 1.52. The van der Waals surface area contributed by atoms with Crippen molar-refractivity contribution >= 4 is 5.69 Å². The number of hydrogen-bond acceptors (Lipinski definition) is 3. The summed E-state index contributed by atoms with van der Waals surface area (Å²) in [4.78, 5) is 1.98. The van der Waals surface area contributed by atoms with E-state index >= 15 is 0 Å². The lowest BCUT2D eigenvalue weighted by atomic mass is 10.1. The van der Waals surface area contributed by atoms with E-state index in [2.05, 4.69) is 11.4 Å². The molecule has 1 heterocycles. The van der Waals surface area contributed by atoms with Crippen molar-refractivity contribution in [3.63, 3.8) is 0 Å². The number of anilines is 1. The third-order valence-corrected chi connectivity index (χ3v) is 2.84. The van der Waals surface area contributed by atoms with Crippen LogP contribution in [-0.2, 0) is 0 Å². The summed E-state index contributed by atoms with van der Waals surface area (Å²) in [5.74, 6) is -0.215. The van der Waals surface area contributed by atoms with E-state index in [-0.39, 0.29) is 11.9 Å². The van der Waals surface area contributed by atoms with Gasteiger partial charge in [-0.2, -0.15) is 5.26 Å². The second kappa shape index (κ2) is 4.95. The highest BCUT2D eigenvalue weighted by molar-refractivity contribution is 5.49. The fraction of sp³-hybridized carbons (Fsp3) is 0.417. The third-order valence-electron chi connectivity index (χ3n) is 2.84. The minimum absolute atomic E-state index is 0.0654. The first kappa shape index (κ1) is 10.9. The van der Waals surface area contributed by atoms with Gasteiger partial charge in [-0.3, -0.25) is 0 Å². The molecule has 1 aromatic carbocycles. The number of rotatable bonds is 2. The van der Waals surface area contributed by atoms with Gasteiger partial charge in [0.2, 0.25) is 0 Å². The summed E-state index contributed by atoms with van der Waals surface area (Å²) in [6.45, 7) is 2.31. The third kappa shape index (κ3) is 2.15. The molecule has 0 amide bonds. The summed E-state index contributed by atoms with van der Waals surface area (Å²) < 4.78 is 13.6. The van der Waals surface area contributed by atoms with Crippen molar-refractivity contribution in [3.05, 3.63) is 30.1 Å². The predicted molar refractivity (Wildman–Crippen MR) is 60.6 cm³/mol. The Bertz CT molecular complexity index is 399. The minimum Gasteiger partial charge on any atom is -0.363 e. The van der Waals surface area contributed by atoms with Crippen LogP contribution in [0.3, 0.4) is 0 Å². The number of nitrogens with one attached hydrogen (secondary N) is 1. The highest BCUT2D eigenvalue weighted by atomic mass is 19.1. The lowest BCUT2D eigenvalue weighted by molar-refractivity contribution is 0.472. The molecule has 1 saturated heterocycles. The van der Waals surface area contributed by atoms with Gasteiger partial charge in [0.1, 0.15) is 5.82 Å². The first-order valence-corrected chi connectivity index (χ1v) is 5.42. The fourth-order valence-electron chi connectivity index (χ4n) is 2.05. The molecule has 0 aliphatic carbocycles. The van der Waals surface area contributed by atoms with Gasteiger partial charge in [-0.05, 0) is 12.1 Å². The Morgan fingerprint density at radius 2 is 2.31 bits per heavy atom. The average molecular weight is 219 g/mol. The lowest BCUT2D eigenvalue weighted by Gasteiger charge is -2.37. The van der Waals surface area contributed by atoms with Gasteiger partial charge in [0, 0.05) is 19.6 Å². The number of piperazine rings is 1. The van der Waals surface area contributed by atoms with E-state index in [0.717, 1.165) is 19.6 Å². The zero-order valence-electron chi connectivity index (χ0n) is 8.99. The van der Waals surface area contributed by atoms with E-state index in [4.69, 9.17) is 5.26 Å². The number of para-hydroxylation sites is 1. The molecule has 4 heteroatoms. The smallest absolute Gasteiger partial charge is 0.146 e. The molecule has 0 bridgehead atoms. The Morgan fingerprint density at radius 3 is 3.06 bits per heavy atom. The first-order valence-electron chi connectivity index (χ1n) is 5.42. The van der Waals surface area contributed by atoms with Gasteiger partial charge in [-0.1, -0.05) is 12.1 Å². The molecule has 0 radical (unpaired) electrons. The van der Waals surface area contributed by atoms with Crippen molar-refractivity contribution in [2.45, 2.75) is 12.5 Å². The maximum atomic E-state index is 13.6. The molecule has 1 fully saturated rings. The number of halogens is 1. The molecule has 0 spiro atoms. The summed E-state index contributed by atoms with van der Waals surface area (Å²) in [6.07, 6.45) is 0.418. The quantitative estimate of drug-likeness (QED) is 0.819. The Balaban J connectivity index is 2.24. The SMILES string of the molecule is N#CCC1CNCCN1c1ccccc1F. The molecule has 1 unspecified atom stereocenters. The van der Waals surface area contributed by atoms with Crippen molar-refractivity contribution < 1.29 is 4.39 Å². The molecular formula is C12H14FN3. The zero-order chi connectivity index (χ0) is 11.4. The average Bonchev–Trinajstić information content (AvgIpc) is 2.31. The number of nitrogens with zero attached hydrogens (tertiary/aromatic N) is 2. The van der Waals surface area contributed by atoms with Gasteiger partial charge in [-0.15, -0.1) is 0 Å². The van der Waals surface area contributed by atoms with Crippen LogP contribution in [0.2, 0.25) is 0 Å². The molecule has 0 aromatic heterocycles. The Labute approximate surface area is 94.5 Å². The van der Waals surface area contributed by atoms with Gasteiger partial charge in [-0.25, -0.2) is 4.39 Å². The van der Waals surface area contributed by atoms with Crippen molar-refractivity contribution in [1.82, 2.24) is 5.32 Å². The van der Waals surface area contributed by atoms with Crippen LogP contribution in [0.15, 0.2) is 24.3 Å². The van der Waals surface area contributed by atoms with E-state index in [9.17, 15) is 4.39 Å². The van der Waals surface area contributed by atoms with Crippen molar-refractivity contribution in [2.75, 3.05) is 24.5 Å². The van der Waals surface area contributed by atoms with Crippen LogP contribution >= 0.6 is 0 Å². The first-order chi connectivity index (χ1) is 7.83. The van der Waals surface area contributed by atoms with E-state index < -0.39 is 0 Å². The van der Waals surface area contributed by atoms with Crippen molar-refractivity contribution in [3.8, 4) is 6.07 Å². The Morgan fingerprint density at radius 1 is 1.50 bits per heavy atom. The Hall–Kier alpha value is -1.60. The van der Waals surface area contributed by atoms with E-state index in [1.54, 1.807) is 12.1 Å². The summed E-state index contributed by atoms with van der Waals surface area (Å²) in [5.41, 5.74) is 0.601. The van der Waals surface area contributed by atoms with Crippen molar-refractivity contribution in [1.29, 1.82) is 5.26 Å². The number of nitriles is 1. The molecule has 1 aliphatic rings. The standard InChI is InChI=1S/C12H14FN3/c13-11-3-1-2-4-12(11)16-8-7-15-9-10(16)5-6-14/h1-4,10,15H,5,7-9H2. The van der Waals surface area contributed by atoms with Gasteiger partial charge in [0.05, 0.1) is 24.2 Å². The van der Waals surface area contributed by atoms with E-state index in [0.29, 0.717) is 12.1 Å². The molecular weight excluding hydrogens is 205 g/mol. The fourth-order valence-corrected chi connectivity index (χ4v) is 2.05. The summed E-state index contributed by atoms with van der Waals surface area (Å²) in [5, 5.41) is 12.0. The highest BCUT2D eigenvalue weighted by Crippen LogP contribution is 2.22. The molecule has 3 nitrogen and oxygen atoms in total. The summed E-state index contributed by atoms with van der Waals surface area (Å²) in [7, 11) is 0. The van der Waals surface area contributed by atoms with Gasteiger partial charge in [0.25, 0.3) is 0 Å². The molecule has 1 aromatic rings. The molecule has 1 atom stereocenters. The minimum atomic E-state index is -0.215. The Kier molecular flexibility index (Phi) is 3.37. The maximum absolute atomic E-state index is 13.6. The van der Waals surface area contributed by atoms with Crippen molar-refractivity contribution in [2.24, 2.45) is 0 Å². The zero-order valence-corrected chi connectivity index (χ0v) is 8.99. The van der Waals surface area contributed by atoms with Crippen LogP contribution in [0, 0.1) is 17.1 Å². The molecule has 16 heavy (non-hydrogen) atoms. The van der Waals surface area contributed by atoms with Crippen LogP contribution in [0.1, 0.15) is 6.42 Å². The summed E-state index contributed by atoms with van der Waals surface area (Å²) in [6, 6.07) is 8.95. The lowest BCUT2D eigenvalue weighted by Crippen LogP contribution is -2.51. The normalized spacial score (nSPS) is 20.5. The van der Waals surface area contributed by atoms with Gasteiger partial charge >= 0.3 is 0 Å². The van der Waals surface area contributed by atoms with E-state index in [1.807, 2.05) is 11.0 Å². The monoisotopic (exact) mass is 219 g/mol. The van der Waals surface area contributed by atoms with Crippen LogP contribution in [0.5, 0.6) is 0 Å². The largest absolute Gasteiger partial charge is 0.363 e. The molecule has 1 N–H and O–H groups in total. The highest BCUT2D eigenvalue weighted by Gasteiger charge is 2.23. The molecule has 1 aliphatic heterocycles. The molecule has 84 valence electrons. The maximum Gasteiger partial charge on any atom is 0.146 e. The van der Waals surface area contributed by atoms with Gasteiger partial charge in [0.15, 0.2) is 0 Å². The number of hydrogen-bond donors (Lipinski definition) is 1. The molecule has 0 saturated carbocycles. The van der Waals surface area contributed by atoms with E-state index in [1.165, 1.54) is 6.07 Å². The second-order valence-electron chi connectivity index (χ2n) is 3.86. The topological polar surface area (TPSA) is 39.1 Å². The molecule has 2 rings (SSSR count). The van der Waals surface area contributed by atoms with Gasteiger partial charge < -0.3 is 10.2 Å². The van der Waals surface area contributed by atoms with Crippen LogP contribution in [-0.4, -0.2) is 25.7 Å². The van der Waals surface area contributed by atoms with Crippen LogP contribution in [0.4, 0.5) is 10.1 Å². The van der Waals surface area contributed by atoms with Crippen LogP contribution < -0.4 is 10.2 Å². The summed E-state index contributed by atoms with van der Waals surface area (Å²) >= 11 is 0. The second-order valence-corrected chi connectivity index (χ2v) is 3.86.